The lowest BCUT2D eigenvalue weighted by Gasteiger charge is -2.41. The summed E-state index contributed by atoms with van der Waals surface area (Å²) < 4.78 is 0. The lowest BCUT2D eigenvalue weighted by molar-refractivity contribution is -0.127. The summed E-state index contributed by atoms with van der Waals surface area (Å²) in [6, 6.07) is 10.6. The first kappa shape index (κ1) is 19.2. The molecule has 7 heteroatoms. The van der Waals surface area contributed by atoms with Gasteiger partial charge in [0.2, 0.25) is 11.8 Å². The van der Waals surface area contributed by atoms with Gasteiger partial charge in [0.25, 0.3) is 0 Å². The number of hydrogen-bond donors (Lipinski definition) is 3. The Hall–Kier alpha value is -1.57. The third-order valence-corrected chi connectivity index (χ3v) is 5.84. The summed E-state index contributed by atoms with van der Waals surface area (Å²) >= 11 is 1.65. The van der Waals surface area contributed by atoms with E-state index >= 15 is 0 Å². The zero-order chi connectivity index (χ0) is 18.4. The molecule has 2 unspecified atom stereocenters. The number of piperidine rings is 1. The maximum atomic E-state index is 12.2. The smallest absolute Gasteiger partial charge is 0.230 e. The third kappa shape index (κ3) is 5.72. The van der Waals surface area contributed by atoms with Crippen molar-refractivity contribution in [3.8, 4) is 0 Å². The van der Waals surface area contributed by atoms with Crippen molar-refractivity contribution in [2.24, 2.45) is 0 Å². The van der Waals surface area contributed by atoms with Crippen LogP contribution in [0.1, 0.15) is 31.7 Å². The number of nitrogens with zero attached hydrogens (tertiary/aromatic N) is 1. The van der Waals surface area contributed by atoms with E-state index in [0.29, 0.717) is 12.2 Å². The van der Waals surface area contributed by atoms with Gasteiger partial charge in [0.05, 0.1) is 5.75 Å². The molecule has 2 atom stereocenters. The molecule has 2 heterocycles. The Bertz CT molecular complexity index is 605. The topological polar surface area (TPSA) is 73.5 Å². The Morgan fingerprint density at radius 2 is 2.00 bits per heavy atom. The second-order valence-electron chi connectivity index (χ2n) is 7.10. The molecular weight excluding hydrogens is 348 g/mol. The first-order valence-corrected chi connectivity index (χ1v) is 10.5. The Morgan fingerprint density at radius 3 is 2.69 bits per heavy atom. The predicted octanol–water partition coefficient (Wildman–Crippen LogP) is 1.28. The van der Waals surface area contributed by atoms with Crippen molar-refractivity contribution < 1.29 is 9.59 Å². The van der Waals surface area contributed by atoms with Gasteiger partial charge in [-0.25, -0.2) is 0 Å². The molecule has 1 aromatic rings. The molecule has 2 aliphatic heterocycles. The van der Waals surface area contributed by atoms with E-state index in [-0.39, 0.29) is 30.2 Å². The van der Waals surface area contributed by atoms with Crippen LogP contribution in [0.25, 0.3) is 0 Å². The summed E-state index contributed by atoms with van der Waals surface area (Å²) in [5.41, 5.74) is 1.25. The van der Waals surface area contributed by atoms with Crippen LogP contribution in [0.2, 0.25) is 0 Å². The fourth-order valence-electron chi connectivity index (χ4n) is 3.46. The second-order valence-corrected chi connectivity index (χ2v) is 8.08. The predicted molar refractivity (Wildman–Crippen MR) is 104 cm³/mol. The summed E-state index contributed by atoms with van der Waals surface area (Å²) in [6.45, 7) is 3.77. The molecule has 0 aromatic heterocycles. The van der Waals surface area contributed by atoms with Crippen molar-refractivity contribution in [2.75, 3.05) is 18.8 Å². The molecule has 3 rings (SSSR count). The minimum absolute atomic E-state index is 0.0793. The average Bonchev–Trinajstić information content (AvgIpc) is 2.62. The quantitative estimate of drug-likeness (QED) is 0.698. The highest BCUT2D eigenvalue weighted by molar-refractivity contribution is 7.99. The Labute approximate surface area is 159 Å². The number of thioether (sulfide) groups is 1. The highest BCUT2D eigenvalue weighted by Crippen LogP contribution is 2.15. The number of amides is 2. The number of rotatable bonds is 6. The Morgan fingerprint density at radius 1 is 1.27 bits per heavy atom. The third-order valence-electron chi connectivity index (χ3n) is 4.84. The number of benzene rings is 1. The molecule has 0 spiro atoms. The van der Waals surface area contributed by atoms with Gasteiger partial charge in [-0.1, -0.05) is 30.3 Å². The van der Waals surface area contributed by atoms with Crippen LogP contribution >= 0.6 is 11.8 Å². The highest BCUT2D eigenvalue weighted by atomic mass is 32.2. The van der Waals surface area contributed by atoms with Crippen LogP contribution in [-0.2, 0) is 15.3 Å². The minimum atomic E-state index is -0.0793. The van der Waals surface area contributed by atoms with E-state index in [1.165, 1.54) is 5.56 Å². The molecule has 26 heavy (non-hydrogen) atoms. The highest BCUT2D eigenvalue weighted by Gasteiger charge is 2.30. The van der Waals surface area contributed by atoms with Gasteiger partial charge in [0.1, 0.15) is 6.29 Å². The molecule has 6 nitrogen and oxygen atoms in total. The number of likely N-dealkylation sites (tertiary alicyclic amines) is 1. The van der Waals surface area contributed by atoms with Gasteiger partial charge in [-0.3, -0.25) is 19.8 Å². The van der Waals surface area contributed by atoms with Crippen LogP contribution < -0.4 is 16.0 Å². The summed E-state index contributed by atoms with van der Waals surface area (Å²) in [4.78, 5) is 26.1. The number of hydrogen-bond acceptors (Lipinski definition) is 5. The Kier molecular flexibility index (Phi) is 6.93. The van der Waals surface area contributed by atoms with E-state index in [9.17, 15) is 9.59 Å². The lowest BCUT2D eigenvalue weighted by atomic mass is 10.0. The molecule has 0 saturated carbocycles. The van der Waals surface area contributed by atoms with Gasteiger partial charge in [0.15, 0.2) is 0 Å². The van der Waals surface area contributed by atoms with Crippen molar-refractivity contribution in [2.45, 2.75) is 50.3 Å². The SMILES string of the molecule is CC1CC(=O)NC(N2CCC(NC(=O)CSCc3ccccc3)CC2)N1. The standard InChI is InChI=1S/C19H28N4O2S/c1-14-11-17(24)22-19(20-14)23-9-7-16(8-10-23)21-18(25)13-26-12-15-5-3-2-4-6-15/h2-6,14,16,19-20H,7-13H2,1H3,(H,21,25)(H,22,24). The molecule has 1 aromatic carbocycles. The van der Waals surface area contributed by atoms with Gasteiger partial charge in [-0.15, -0.1) is 11.8 Å². The molecule has 0 bridgehead atoms. The van der Waals surface area contributed by atoms with Crippen molar-refractivity contribution in [1.29, 1.82) is 0 Å². The van der Waals surface area contributed by atoms with E-state index in [0.717, 1.165) is 31.7 Å². The molecule has 3 N–H and O–H groups in total. The first-order valence-electron chi connectivity index (χ1n) is 9.30. The Balaban J connectivity index is 1.34. The molecule has 2 fully saturated rings. The maximum Gasteiger partial charge on any atom is 0.230 e. The van der Waals surface area contributed by atoms with Gasteiger partial charge >= 0.3 is 0 Å². The average molecular weight is 377 g/mol. The lowest BCUT2D eigenvalue weighted by Crippen LogP contribution is -2.65. The summed E-state index contributed by atoms with van der Waals surface area (Å²) in [5, 5.41) is 9.57. The van der Waals surface area contributed by atoms with Crippen molar-refractivity contribution in [3.05, 3.63) is 35.9 Å². The van der Waals surface area contributed by atoms with Crippen molar-refractivity contribution >= 4 is 23.6 Å². The zero-order valence-electron chi connectivity index (χ0n) is 15.2. The van der Waals surface area contributed by atoms with Crippen LogP contribution in [0.4, 0.5) is 0 Å². The molecule has 2 amide bonds. The normalized spacial score (nSPS) is 24.9. The van der Waals surface area contributed by atoms with E-state index in [1.54, 1.807) is 11.8 Å². The molecule has 0 aliphatic carbocycles. The van der Waals surface area contributed by atoms with Gasteiger partial charge < -0.3 is 10.6 Å². The largest absolute Gasteiger partial charge is 0.353 e. The number of nitrogens with one attached hydrogen (secondary N) is 3. The molecular formula is C19H28N4O2S. The summed E-state index contributed by atoms with van der Waals surface area (Å²) in [5.74, 6) is 1.57. The van der Waals surface area contributed by atoms with E-state index in [1.807, 2.05) is 25.1 Å². The van der Waals surface area contributed by atoms with E-state index in [2.05, 4.69) is 33.0 Å². The maximum absolute atomic E-state index is 12.2. The van der Waals surface area contributed by atoms with E-state index in [4.69, 9.17) is 0 Å². The van der Waals surface area contributed by atoms with Crippen LogP contribution in [0.15, 0.2) is 30.3 Å². The summed E-state index contributed by atoms with van der Waals surface area (Å²) in [6.07, 6.45) is 2.28. The zero-order valence-corrected chi connectivity index (χ0v) is 16.1. The van der Waals surface area contributed by atoms with E-state index < -0.39 is 0 Å². The molecule has 2 saturated heterocycles. The fourth-order valence-corrected chi connectivity index (χ4v) is 4.26. The summed E-state index contributed by atoms with van der Waals surface area (Å²) in [7, 11) is 0. The van der Waals surface area contributed by atoms with Crippen LogP contribution in [0, 0.1) is 0 Å². The molecule has 142 valence electrons. The first-order chi connectivity index (χ1) is 12.6. The number of carbonyl (C=O) groups excluding carboxylic acids is 2. The fraction of sp³-hybridized carbons (Fsp3) is 0.579. The minimum Gasteiger partial charge on any atom is -0.353 e. The van der Waals surface area contributed by atoms with Gasteiger partial charge in [-0.05, 0) is 25.3 Å². The molecule has 0 radical (unpaired) electrons. The van der Waals surface area contributed by atoms with Crippen LogP contribution in [-0.4, -0.2) is 53.9 Å². The second kappa shape index (κ2) is 9.39. The van der Waals surface area contributed by atoms with Crippen molar-refractivity contribution in [1.82, 2.24) is 20.9 Å². The van der Waals surface area contributed by atoms with Crippen LogP contribution in [0.5, 0.6) is 0 Å². The van der Waals surface area contributed by atoms with Gasteiger partial charge in [0, 0.05) is 37.3 Å². The number of carbonyl (C=O) groups is 2. The van der Waals surface area contributed by atoms with Crippen molar-refractivity contribution in [3.63, 3.8) is 0 Å². The van der Waals surface area contributed by atoms with Crippen LogP contribution in [0.3, 0.4) is 0 Å². The molecule has 2 aliphatic rings. The van der Waals surface area contributed by atoms with Gasteiger partial charge in [-0.2, -0.15) is 0 Å². The monoisotopic (exact) mass is 376 g/mol.